The molecule has 0 heterocycles. The highest BCUT2D eigenvalue weighted by Gasteiger charge is 2.14. The van der Waals surface area contributed by atoms with Crippen molar-refractivity contribution in [2.75, 3.05) is 27.9 Å². The molecular weight excluding hydrogens is 250 g/mol. The summed E-state index contributed by atoms with van der Waals surface area (Å²) in [4.78, 5) is 10.8. The highest BCUT2D eigenvalue weighted by Crippen LogP contribution is 2.27. The molecule has 0 amide bonds. The highest BCUT2D eigenvalue weighted by atomic mass is 16.5. The van der Waals surface area contributed by atoms with E-state index in [1.54, 1.807) is 39.5 Å². The summed E-state index contributed by atoms with van der Waals surface area (Å²) in [6.45, 7) is 0.286. The number of carbonyl (C=O) groups is 1. The molecule has 0 aliphatic rings. The molecular formula is C13H19NO5. The molecule has 0 aromatic heterocycles. The molecule has 19 heavy (non-hydrogen) atoms. The fourth-order valence-electron chi connectivity index (χ4n) is 1.55. The third-order valence-electron chi connectivity index (χ3n) is 2.65. The largest absolute Gasteiger partial charge is 0.496 e. The molecule has 0 bridgehead atoms. The van der Waals surface area contributed by atoms with E-state index in [4.69, 9.17) is 19.3 Å². The monoisotopic (exact) mass is 269 g/mol. The first-order valence-corrected chi connectivity index (χ1v) is 5.86. The number of carboxylic acid groups (broad SMARTS) is 1. The summed E-state index contributed by atoms with van der Waals surface area (Å²) < 4.78 is 15.7. The summed E-state index contributed by atoms with van der Waals surface area (Å²) >= 11 is 0. The van der Waals surface area contributed by atoms with Gasteiger partial charge in [-0.3, -0.25) is 4.79 Å². The molecule has 6 heteroatoms. The number of rotatable bonds is 8. The quantitative estimate of drug-likeness (QED) is 0.737. The van der Waals surface area contributed by atoms with E-state index in [1.807, 2.05) is 0 Å². The predicted molar refractivity (Wildman–Crippen MR) is 70.1 cm³/mol. The number of benzene rings is 1. The van der Waals surface area contributed by atoms with Crippen LogP contribution in [0, 0.1) is 0 Å². The minimum absolute atomic E-state index is 0.286. The molecule has 6 nitrogen and oxygen atoms in total. The first-order valence-electron chi connectivity index (χ1n) is 5.86. The van der Waals surface area contributed by atoms with Crippen LogP contribution in [0.5, 0.6) is 17.2 Å². The molecule has 1 unspecified atom stereocenters. The van der Waals surface area contributed by atoms with Gasteiger partial charge in [0.15, 0.2) is 0 Å². The van der Waals surface area contributed by atoms with Crippen LogP contribution in [0.15, 0.2) is 18.2 Å². The van der Waals surface area contributed by atoms with Crippen LogP contribution in [0.1, 0.15) is 6.42 Å². The Morgan fingerprint density at radius 2 is 1.74 bits per heavy atom. The molecule has 0 spiro atoms. The zero-order valence-corrected chi connectivity index (χ0v) is 11.3. The molecule has 1 aromatic carbocycles. The third-order valence-corrected chi connectivity index (χ3v) is 2.65. The molecule has 106 valence electrons. The Bertz CT molecular complexity index is 399. The lowest BCUT2D eigenvalue weighted by Gasteiger charge is -2.13. The average Bonchev–Trinajstić information content (AvgIpc) is 2.42. The predicted octanol–water partition coefficient (Wildman–Crippen LogP) is 1.15. The fourth-order valence-corrected chi connectivity index (χ4v) is 1.55. The summed E-state index contributed by atoms with van der Waals surface area (Å²) in [6, 6.07) is 4.56. The maximum atomic E-state index is 10.8. The van der Waals surface area contributed by atoms with Gasteiger partial charge in [-0.25, -0.2) is 0 Å². The summed E-state index contributed by atoms with van der Waals surface area (Å²) in [7, 11) is 4.72. The van der Waals surface area contributed by atoms with Crippen LogP contribution in [0.3, 0.4) is 0 Å². The minimum Gasteiger partial charge on any atom is -0.496 e. The van der Waals surface area contributed by atoms with Gasteiger partial charge in [-0.05, 0) is 7.05 Å². The van der Waals surface area contributed by atoms with Gasteiger partial charge >= 0.3 is 5.97 Å². The lowest BCUT2D eigenvalue weighted by Crippen LogP contribution is -2.35. The minimum atomic E-state index is -0.894. The molecule has 1 aromatic rings. The maximum absolute atomic E-state index is 10.8. The number of carboxylic acids is 1. The van der Waals surface area contributed by atoms with Gasteiger partial charge in [0.05, 0.1) is 20.8 Å². The molecule has 2 N–H and O–H groups in total. The van der Waals surface area contributed by atoms with Crippen LogP contribution in [0.2, 0.25) is 0 Å². The van der Waals surface area contributed by atoms with Gasteiger partial charge in [-0.1, -0.05) is 0 Å². The van der Waals surface area contributed by atoms with Crippen molar-refractivity contribution in [1.82, 2.24) is 5.32 Å². The number of likely N-dealkylation sites (N-methyl/N-ethyl adjacent to an activating group) is 1. The first-order chi connectivity index (χ1) is 9.10. The number of aliphatic carboxylic acids is 1. The van der Waals surface area contributed by atoms with E-state index >= 15 is 0 Å². The summed E-state index contributed by atoms with van der Waals surface area (Å²) in [5.41, 5.74) is 0. The summed E-state index contributed by atoms with van der Waals surface area (Å²) in [5, 5.41) is 11.6. The number of hydrogen-bond acceptors (Lipinski definition) is 5. The zero-order chi connectivity index (χ0) is 14.3. The SMILES string of the molecule is CNC(CCOc1cc(OC)cc(OC)c1)C(=O)O. The van der Waals surface area contributed by atoms with Crippen molar-refractivity contribution in [1.29, 1.82) is 0 Å². The second kappa shape index (κ2) is 7.48. The van der Waals surface area contributed by atoms with Crippen molar-refractivity contribution in [3.05, 3.63) is 18.2 Å². The van der Waals surface area contributed by atoms with E-state index in [2.05, 4.69) is 5.32 Å². The lowest BCUT2D eigenvalue weighted by molar-refractivity contribution is -0.139. The standard InChI is InChI=1S/C13H19NO5/c1-14-12(13(15)16)4-5-19-11-7-9(17-2)6-10(8-11)18-3/h6-8,12,14H,4-5H2,1-3H3,(H,15,16). The van der Waals surface area contributed by atoms with Gasteiger partial charge in [0, 0.05) is 24.6 Å². The van der Waals surface area contributed by atoms with E-state index in [9.17, 15) is 4.79 Å². The summed E-state index contributed by atoms with van der Waals surface area (Å²) in [5.74, 6) is 0.932. The van der Waals surface area contributed by atoms with Crippen LogP contribution in [0.4, 0.5) is 0 Å². The van der Waals surface area contributed by atoms with Crippen LogP contribution >= 0.6 is 0 Å². The van der Waals surface area contributed by atoms with E-state index in [1.165, 1.54) is 0 Å². The van der Waals surface area contributed by atoms with Gasteiger partial charge in [0.1, 0.15) is 23.3 Å². The van der Waals surface area contributed by atoms with Crippen molar-refractivity contribution < 1.29 is 24.1 Å². The molecule has 0 saturated heterocycles. The van der Waals surface area contributed by atoms with Crippen molar-refractivity contribution >= 4 is 5.97 Å². The third kappa shape index (κ3) is 4.67. The lowest BCUT2D eigenvalue weighted by atomic mass is 10.2. The van der Waals surface area contributed by atoms with Crippen molar-refractivity contribution in [3.63, 3.8) is 0 Å². The zero-order valence-electron chi connectivity index (χ0n) is 11.3. The van der Waals surface area contributed by atoms with Gasteiger partial charge < -0.3 is 24.6 Å². The molecule has 0 saturated carbocycles. The molecule has 0 aliphatic carbocycles. The first kappa shape index (κ1) is 15.1. The molecule has 0 aliphatic heterocycles. The smallest absolute Gasteiger partial charge is 0.320 e. The number of methoxy groups -OCH3 is 2. The number of ether oxygens (including phenoxy) is 3. The Labute approximate surface area is 112 Å². The Balaban J connectivity index is 2.59. The van der Waals surface area contributed by atoms with Crippen LogP contribution in [-0.2, 0) is 4.79 Å². The van der Waals surface area contributed by atoms with Crippen molar-refractivity contribution in [2.24, 2.45) is 0 Å². The van der Waals surface area contributed by atoms with E-state index < -0.39 is 12.0 Å². The fraction of sp³-hybridized carbons (Fsp3) is 0.462. The average molecular weight is 269 g/mol. The second-order valence-corrected chi connectivity index (χ2v) is 3.87. The Hall–Kier alpha value is -1.95. The molecule has 0 radical (unpaired) electrons. The Morgan fingerprint density at radius 1 is 1.21 bits per heavy atom. The Kier molecular flexibility index (Phi) is 5.95. The number of hydrogen-bond donors (Lipinski definition) is 2. The van der Waals surface area contributed by atoms with Gasteiger partial charge in [-0.2, -0.15) is 0 Å². The van der Waals surface area contributed by atoms with E-state index in [-0.39, 0.29) is 6.61 Å². The highest BCUT2D eigenvalue weighted by molar-refractivity contribution is 5.73. The molecule has 0 fully saturated rings. The van der Waals surface area contributed by atoms with Gasteiger partial charge in [0.2, 0.25) is 0 Å². The van der Waals surface area contributed by atoms with E-state index in [0.29, 0.717) is 23.7 Å². The van der Waals surface area contributed by atoms with Gasteiger partial charge in [-0.15, -0.1) is 0 Å². The van der Waals surface area contributed by atoms with Crippen molar-refractivity contribution in [3.8, 4) is 17.2 Å². The topological polar surface area (TPSA) is 77.0 Å². The van der Waals surface area contributed by atoms with E-state index in [0.717, 1.165) is 0 Å². The maximum Gasteiger partial charge on any atom is 0.320 e. The molecule has 1 atom stereocenters. The van der Waals surface area contributed by atoms with Crippen LogP contribution < -0.4 is 19.5 Å². The van der Waals surface area contributed by atoms with Crippen LogP contribution in [-0.4, -0.2) is 45.0 Å². The second-order valence-electron chi connectivity index (χ2n) is 3.87. The van der Waals surface area contributed by atoms with Gasteiger partial charge in [0.25, 0.3) is 0 Å². The van der Waals surface area contributed by atoms with Crippen molar-refractivity contribution in [2.45, 2.75) is 12.5 Å². The van der Waals surface area contributed by atoms with Crippen LogP contribution in [0.25, 0.3) is 0 Å². The normalized spacial score (nSPS) is 11.7. The molecule has 1 rings (SSSR count). The Morgan fingerprint density at radius 3 is 2.16 bits per heavy atom. The summed E-state index contributed by atoms with van der Waals surface area (Å²) in [6.07, 6.45) is 0.366. The number of nitrogens with one attached hydrogen (secondary N) is 1.